The van der Waals surface area contributed by atoms with Gasteiger partial charge in [0.25, 0.3) is 0 Å². The number of likely N-dealkylation sites (N-methyl/N-ethyl adjacent to an activating group) is 1. The van der Waals surface area contributed by atoms with Gasteiger partial charge in [0.15, 0.2) is 0 Å². The van der Waals surface area contributed by atoms with Crippen LogP contribution >= 0.6 is 23.7 Å². The van der Waals surface area contributed by atoms with Gasteiger partial charge in [-0.25, -0.2) is 0 Å². The summed E-state index contributed by atoms with van der Waals surface area (Å²) in [4.78, 5) is 0.457. The molecule has 92 valence electrons. The van der Waals surface area contributed by atoms with Crippen molar-refractivity contribution in [1.29, 1.82) is 0 Å². The van der Waals surface area contributed by atoms with Crippen LogP contribution in [0.15, 0.2) is 6.07 Å². The largest absolute Gasteiger partial charge is 0.425 e. The van der Waals surface area contributed by atoms with Gasteiger partial charge in [0.05, 0.1) is 0 Å². The van der Waals surface area contributed by atoms with Crippen molar-refractivity contribution in [3.05, 3.63) is 21.4 Å². The van der Waals surface area contributed by atoms with Crippen molar-refractivity contribution in [2.75, 3.05) is 7.05 Å². The molecule has 2 rings (SSSR count). The van der Waals surface area contributed by atoms with E-state index in [1.165, 1.54) is 6.07 Å². The molecule has 1 unspecified atom stereocenters. The van der Waals surface area contributed by atoms with Crippen LogP contribution in [0.1, 0.15) is 21.7 Å². The first-order valence-electron chi connectivity index (χ1n) is 4.86. The zero-order valence-corrected chi connectivity index (χ0v) is 10.4. The summed E-state index contributed by atoms with van der Waals surface area (Å²) in [5, 5.41) is 3.12. The molecule has 1 aromatic rings. The molecule has 1 aliphatic carbocycles. The number of halogens is 4. The van der Waals surface area contributed by atoms with Gasteiger partial charge in [-0.15, -0.1) is 23.7 Å². The molecule has 0 bridgehead atoms. The average molecular weight is 272 g/mol. The van der Waals surface area contributed by atoms with E-state index in [0.717, 1.165) is 41.0 Å². The second kappa shape index (κ2) is 4.94. The molecule has 16 heavy (non-hydrogen) atoms. The van der Waals surface area contributed by atoms with Crippen LogP contribution in [0, 0.1) is 0 Å². The van der Waals surface area contributed by atoms with Gasteiger partial charge < -0.3 is 5.32 Å². The molecule has 6 heteroatoms. The number of nitrogens with one attached hydrogen (secondary N) is 1. The molecule has 1 N–H and O–H groups in total. The van der Waals surface area contributed by atoms with Crippen LogP contribution in [0.25, 0.3) is 0 Å². The topological polar surface area (TPSA) is 12.0 Å². The van der Waals surface area contributed by atoms with Gasteiger partial charge in [0.1, 0.15) is 4.88 Å². The molecule has 0 aliphatic heterocycles. The third kappa shape index (κ3) is 2.70. The van der Waals surface area contributed by atoms with Gasteiger partial charge >= 0.3 is 6.18 Å². The lowest BCUT2D eigenvalue weighted by Gasteiger charge is -2.20. The Morgan fingerprint density at radius 1 is 1.44 bits per heavy atom. The number of hydrogen-bond acceptors (Lipinski definition) is 2. The van der Waals surface area contributed by atoms with Crippen LogP contribution in [0.5, 0.6) is 0 Å². The lowest BCUT2D eigenvalue weighted by atomic mass is 9.94. The minimum Gasteiger partial charge on any atom is -0.317 e. The minimum absolute atomic E-state index is 0. The predicted molar refractivity (Wildman–Crippen MR) is 61.4 cm³/mol. The fraction of sp³-hybridized carbons (Fsp3) is 0.600. The molecule has 0 spiro atoms. The third-order valence-electron chi connectivity index (χ3n) is 2.77. The third-order valence-corrected chi connectivity index (χ3v) is 4.05. The van der Waals surface area contributed by atoms with E-state index in [2.05, 4.69) is 5.32 Å². The van der Waals surface area contributed by atoms with Crippen LogP contribution in [0.4, 0.5) is 13.2 Å². The average Bonchev–Trinajstić information content (AvgIpc) is 2.59. The molecule has 0 radical (unpaired) electrons. The molecule has 0 amide bonds. The lowest BCUT2D eigenvalue weighted by Crippen LogP contribution is -2.30. The maximum atomic E-state index is 12.4. The highest BCUT2D eigenvalue weighted by molar-refractivity contribution is 7.12. The van der Waals surface area contributed by atoms with Gasteiger partial charge in [-0.2, -0.15) is 13.2 Å². The Balaban J connectivity index is 0.00000128. The summed E-state index contributed by atoms with van der Waals surface area (Å²) < 4.78 is 37.3. The van der Waals surface area contributed by atoms with Crippen molar-refractivity contribution in [2.45, 2.75) is 31.5 Å². The number of fused-ring (bicyclic) bond motifs is 1. The highest BCUT2D eigenvalue weighted by atomic mass is 35.5. The number of aryl methyl sites for hydroxylation is 1. The molecule has 1 aliphatic rings. The van der Waals surface area contributed by atoms with Gasteiger partial charge in [-0.1, -0.05) is 0 Å². The Labute approximate surface area is 102 Å². The molecular weight excluding hydrogens is 259 g/mol. The van der Waals surface area contributed by atoms with Crippen molar-refractivity contribution in [3.8, 4) is 0 Å². The number of hydrogen-bond donors (Lipinski definition) is 1. The standard InChI is InChI=1S/C10H12F3NS.ClH/c1-14-7-2-3-8-6(4-7)5-9(15-8)10(11,12)13;/h5,7,14H,2-4H2,1H3;1H. The highest BCUT2D eigenvalue weighted by Crippen LogP contribution is 2.39. The molecule has 1 aromatic heterocycles. The molecular formula is C10H13ClF3NS. The summed E-state index contributed by atoms with van der Waals surface area (Å²) in [6.07, 6.45) is -1.77. The summed E-state index contributed by atoms with van der Waals surface area (Å²) in [7, 11) is 1.85. The van der Waals surface area contributed by atoms with Crippen molar-refractivity contribution in [1.82, 2.24) is 5.32 Å². The van der Waals surface area contributed by atoms with Crippen molar-refractivity contribution < 1.29 is 13.2 Å². The molecule has 1 atom stereocenters. The fourth-order valence-electron chi connectivity index (χ4n) is 1.91. The first kappa shape index (κ1) is 13.8. The number of alkyl halides is 3. The highest BCUT2D eigenvalue weighted by Gasteiger charge is 2.34. The van der Waals surface area contributed by atoms with Crippen LogP contribution in [0.3, 0.4) is 0 Å². The van der Waals surface area contributed by atoms with E-state index in [-0.39, 0.29) is 12.4 Å². The Morgan fingerprint density at radius 2 is 2.12 bits per heavy atom. The van der Waals surface area contributed by atoms with Gasteiger partial charge in [-0.3, -0.25) is 0 Å². The van der Waals surface area contributed by atoms with E-state index in [1.54, 1.807) is 0 Å². The Hall–Kier alpha value is -0.260. The second-order valence-electron chi connectivity index (χ2n) is 3.79. The van der Waals surface area contributed by atoms with Gasteiger partial charge in [0, 0.05) is 10.9 Å². The van der Waals surface area contributed by atoms with E-state index in [0.29, 0.717) is 6.04 Å². The molecule has 1 heterocycles. The smallest absolute Gasteiger partial charge is 0.317 e. The quantitative estimate of drug-likeness (QED) is 0.827. The fourth-order valence-corrected chi connectivity index (χ4v) is 2.99. The van der Waals surface area contributed by atoms with Crippen LogP contribution in [-0.4, -0.2) is 13.1 Å². The zero-order valence-electron chi connectivity index (χ0n) is 8.73. The van der Waals surface area contributed by atoms with Gasteiger partial charge in [-0.05, 0) is 37.9 Å². The molecule has 0 saturated carbocycles. The monoisotopic (exact) mass is 271 g/mol. The van der Waals surface area contributed by atoms with Crippen LogP contribution in [-0.2, 0) is 19.0 Å². The van der Waals surface area contributed by atoms with Crippen LogP contribution in [0.2, 0.25) is 0 Å². The predicted octanol–water partition coefficient (Wildman–Crippen LogP) is 3.27. The van der Waals surface area contributed by atoms with Gasteiger partial charge in [0.2, 0.25) is 0 Å². The SMILES string of the molecule is CNC1CCc2sc(C(F)(F)F)cc2C1.Cl. The van der Waals surface area contributed by atoms with E-state index in [9.17, 15) is 13.2 Å². The first-order valence-corrected chi connectivity index (χ1v) is 5.68. The van der Waals surface area contributed by atoms with Crippen molar-refractivity contribution >= 4 is 23.7 Å². The summed E-state index contributed by atoms with van der Waals surface area (Å²) in [6.45, 7) is 0. The normalized spacial score (nSPS) is 20.1. The molecule has 1 nitrogen and oxygen atoms in total. The van der Waals surface area contributed by atoms with E-state index < -0.39 is 11.1 Å². The summed E-state index contributed by atoms with van der Waals surface area (Å²) in [6, 6.07) is 1.64. The molecule has 0 aromatic carbocycles. The zero-order chi connectivity index (χ0) is 11.1. The number of thiophene rings is 1. The Kier molecular flexibility index (Phi) is 4.26. The summed E-state index contributed by atoms with van der Waals surface area (Å²) in [5.74, 6) is 0. The van der Waals surface area contributed by atoms with Crippen molar-refractivity contribution in [3.63, 3.8) is 0 Å². The van der Waals surface area contributed by atoms with E-state index in [1.807, 2.05) is 7.05 Å². The molecule has 0 saturated heterocycles. The Morgan fingerprint density at radius 3 is 2.69 bits per heavy atom. The van der Waals surface area contributed by atoms with Crippen molar-refractivity contribution in [2.24, 2.45) is 0 Å². The van der Waals surface area contributed by atoms with Crippen LogP contribution < -0.4 is 5.32 Å². The summed E-state index contributed by atoms with van der Waals surface area (Å²) >= 11 is 0.902. The second-order valence-corrected chi connectivity index (χ2v) is 4.92. The minimum atomic E-state index is -4.18. The lowest BCUT2D eigenvalue weighted by molar-refractivity contribution is -0.134. The van der Waals surface area contributed by atoms with E-state index in [4.69, 9.17) is 0 Å². The molecule has 0 fully saturated rings. The Bertz CT molecular complexity index is 361. The maximum absolute atomic E-state index is 12.4. The first-order chi connectivity index (χ1) is 7.00. The van der Waals surface area contributed by atoms with E-state index >= 15 is 0 Å². The number of rotatable bonds is 1. The summed E-state index contributed by atoms with van der Waals surface area (Å²) in [5.41, 5.74) is 0.873. The maximum Gasteiger partial charge on any atom is 0.425 e.